The number of hydrogen-bond donors (Lipinski definition) is 2. The van der Waals surface area contributed by atoms with Gasteiger partial charge in [0, 0.05) is 5.39 Å². The normalized spacial score (nSPS) is 10.3. The predicted octanol–water partition coefficient (Wildman–Crippen LogP) is 2.89. The van der Waals surface area contributed by atoms with Crippen molar-refractivity contribution in [1.29, 1.82) is 5.26 Å². The van der Waals surface area contributed by atoms with Crippen LogP contribution in [0.4, 0.5) is 11.5 Å². The highest BCUT2D eigenvalue weighted by molar-refractivity contribution is 5.85. The van der Waals surface area contributed by atoms with Crippen molar-refractivity contribution in [3.05, 3.63) is 54.0 Å². The molecule has 0 radical (unpaired) electrons. The molecule has 20 heavy (non-hydrogen) atoms. The first kappa shape index (κ1) is 12.1. The zero-order valence-electron chi connectivity index (χ0n) is 10.6. The number of para-hydroxylation sites is 1. The molecule has 0 spiro atoms. The molecule has 5 nitrogen and oxygen atoms in total. The molecule has 98 valence electrons. The molecular weight excluding hydrogens is 252 g/mol. The number of pyridine rings is 1. The van der Waals surface area contributed by atoms with E-state index in [9.17, 15) is 0 Å². The smallest absolute Gasteiger partial charge is 0.147 e. The van der Waals surface area contributed by atoms with E-state index in [0.29, 0.717) is 23.7 Å². The fraction of sp³-hybridized carbons (Fsp3) is 0.0667. The fourth-order valence-electron chi connectivity index (χ4n) is 2.03. The Morgan fingerprint density at radius 2 is 2.15 bits per heavy atom. The highest BCUT2D eigenvalue weighted by Gasteiger charge is 2.08. The Morgan fingerprint density at radius 1 is 1.30 bits per heavy atom. The summed E-state index contributed by atoms with van der Waals surface area (Å²) in [5, 5.41) is 13.1. The second kappa shape index (κ2) is 4.94. The van der Waals surface area contributed by atoms with Crippen LogP contribution in [0, 0.1) is 11.3 Å². The van der Waals surface area contributed by atoms with Crippen LogP contribution in [0.15, 0.2) is 47.1 Å². The van der Waals surface area contributed by atoms with Crippen LogP contribution in [0.25, 0.3) is 10.9 Å². The summed E-state index contributed by atoms with van der Waals surface area (Å²) >= 11 is 0. The summed E-state index contributed by atoms with van der Waals surface area (Å²) in [7, 11) is 0. The van der Waals surface area contributed by atoms with Crippen molar-refractivity contribution in [2.75, 3.05) is 11.1 Å². The molecule has 2 aromatic heterocycles. The number of fused-ring (bicyclic) bond motifs is 1. The Balaban J connectivity index is 1.88. The number of nitrogen functional groups attached to an aromatic ring is 1. The third-order valence-electron chi connectivity index (χ3n) is 3.06. The molecule has 0 aliphatic carbocycles. The molecule has 0 unspecified atom stereocenters. The number of nitriles is 1. The average Bonchev–Trinajstić information content (AvgIpc) is 2.92. The Kier molecular flexibility index (Phi) is 2.98. The SMILES string of the molecule is N#Cc1ccoc1CNc1cc2ccccc2nc1N. The average molecular weight is 264 g/mol. The molecule has 0 atom stereocenters. The molecule has 3 aromatic rings. The van der Waals surface area contributed by atoms with E-state index in [1.807, 2.05) is 30.3 Å². The molecule has 0 saturated carbocycles. The fourth-order valence-corrected chi connectivity index (χ4v) is 2.03. The van der Waals surface area contributed by atoms with Crippen molar-refractivity contribution in [3.8, 4) is 6.07 Å². The van der Waals surface area contributed by atoms with E-state index in [-0.39, 0.29) is 0 Å². The molecule has 0 aliphatic rings. The number of nitrogens with zero attached hydrogens (tertiary/aromatic N) is 2. The summed E-state index contributed by atoms with van der Waals surface area (Å²) in [6.45, 7) is 0.389. The standard InChI is InChI=1S/C15H12N4O/c16-8-11-5-6-20-14(11)9-18-13-7-10-3-1-2-4-12(10)19-15(13)17/h1-7,18H,9H2,(H2,17,19). The van der Waals surface area contributed by atoms with E-state index < -0.39 is 0 Å². The van der Waals surface area contributed by atoms with Crippen LogP contribution in [0.1, 0.15) is 11.3 Å². The second-order valence-corrected chi connectivity index (χ2v) is 4.34. The molecule has 5 heteroatoms. The lowest BCUT2D eigenvalue weighted by atomic mass is 10.2. The first-order valence-corrected chi connectivity index (χ1v) is 6.13. The van der Waals surface area contributed by atoms with Crippen LogP contribution in [0.5, 0.6) is 0 Å². The van der Waals surface area contributed by atoms with E-state index in [0.717, 1.165) is 16.6 Å². The molecular formula is C15H12N4O. The zero-order valence-corrected chi connectivity index (χ0v) is 10.6. The van der Waals surface area contributed by atoms with Gasteiger partial charge in [0.2, 0.25) is 0 Å². The summed E-state index contributed by atoms with van der Waals surface area (Å²) in [4.78, 5) is 4.34. The van der Waals surface area contributed by atoms with Gasteiger partial charge in [0.1, 0.15) is 17.6 Å². The third-order valence-corrected chi connectivity index (χ3v) is 3.06. The molecule has 0 fully saturated rings. The van der Waals surface area contributed by atoms with Crippen molar-refractivity contribution in [1.82, 2.24) is 4.98 Å². The minimum absolute atomic E-state index is 0.389. The predicted molar refractivity (Wildman–Crippen MR) is 76.9 cm³/mol. The molecule has 0 amide bonds. The van der Waals surface area contributed by atoms with E-state index in [2.05, 4.69) is 16.4 Å². The number of anilines is 2. The minimum atomic E-state index is 0.389. The highest BCUT2D eigenvalue weighted by Crippen LogP contribution is 2.23. The van der Waals surface area contributed by atoms with E-state index in [1.165, 1.54) is 6.26 Å². The summed E-state index contributed by atoms with van der Waals surface area (Å²) in [5.41, 5.74) is 8.02. The summed E-state index contributed by atoms with van der Waals surface area (Å²) < 4.78 is 5.26. The first-order valence-electron chi connectivity index (χ1n) is 6.13. The maximum atomic E-state index is 8.93. The van der Waals surface area contributed by atoms with Gasteiger partial charge in [-0.25, -0.2) is 4.98 Å². The lowest BCUT2D eigenvalue weighted by Crippen LogP contribution is -2.04. The van der Waals surface area contributed by atoms with Gasteiger partial charge in [-0.2, -0.15) is 5.26 Å². The van der Waals surface area contributed by atoms with Crippen molar-refractivity contribution in [2.45, 2.75) is 6.54 Å². The lowest BCUT2D eigenvalue weighted by Gasteiger charge is -2.09. The van der Waals surface area contributed by atoms with Crippen LogP contribution < -0.4 is 11.1 Å². The number of aromatic nitrogens is 1. The molecule has 1 aromatic carbocycles. The second-order valence-electron chi connectivity index (χ2n) is 4.34. The number of nitrogens with two attached hydrogens (primary N) is 1. The molecule has 0 bridgehead atoms. The van der Waals surface area contributed by atoms with Crippen LogP contribution in [0.2, 0.25) is 0 Å². The maximum Gasteiger partial charge on any atom is 0.147 e. The summed E-state index contributed by atoms with van der Waals surface area (Å²) in [6.07, 6.45) is 1.50. The minimum Gasteiger partial charge on any atom is -0.466 e. The molecule has 0 aliphatic heterocycles. The van der Waals surface area contributed by atoms with E-state index >= 15 is 0 Å². The van der Waals surface area contributed by atoms with Crippen molar-refractivity contribution in [2.24, 2.45) is 0 Å². The van der Waals surface area contributed by atoms with Gasteiger partial charge in [0.15, 0.2) is 0 Å². The highest BCUT2D eigenvalue weighted by atomic mass is 16.3. The quantitative estimate of drug-likeness (QED) is 0.759. The van der Waals surface area contributed by atoms with Crippen molar-refractivity contribution < 1.29 is 4.42 Å². The van der Waals surface area contributed by atoms with E-state index in [1.54, 1.807) is 6.07 Å². The van der Waals surface area contributed by atoms with E-state index in [4.69, 9.17) is 15.4 Å². The van der Waals surface area contributed by atoms with Crippen LogP contribution in [0.3, 0.4) is 0 Å². The molecule has 3 N–H and O–H groups in total. The van der Waals surface area contributed by atoms with Crippen LogP contribution >= 0.6 is 0 Å². The largest absolute Gasteiger partial charge is 0.466 e. The van der Waals surface area contributed by atoms with Gasteiger partial charge in [-0.15, -0.1) is 0 Å². The number of benzene rings is 1. The summed E-state index contributed by atoms with van der Waals surface area (Å²) in [5.74, 6) is 1.01. The number of hydrogen-bond acceptors (Lipinski definition) is 5. The van der Waals surface area contributed by atoms with Crippen molar-refractivity contribution in [3.63, 3.8) is 0 Å². The topological polar surface area (TPSA) is 87.9 Å². The van der Waals surface area contributed by atoms with Crippen LogP contribution in [-0.2, 0) is 6.54 Å². The number of rotatable bonds is 3. The van der Waals surface area contributed by atoms with Gasteiger partial charge >= 0.3 is 0 Å². The third kappa shape index (κ3) is 2.15. The van der Waals surface area contributed by atoms with Gasteiger partial charge in [-0.05, 0) is 18.2 Å². The number of furan rings is 1. The number of nitrogens with one attached hydrogen (secondary N) is 1. The molecule has 0 saturated heterocycles. The van der Waals surface area contributed by atoms with Crippen molar-refractivity contribution >= 4 is 22.4 Å². The monoisotopic (exact) mass is 264 g/mol. The van der Waals surface area contributed by atoms with Gasteiger partial charge in [-0.3, -0.25) is 0 Å². The maximum absolute atomic E-state index is 8.93. The Hall–Kier alpha value is -3.00. The Morgan fingerprint density at radius 3 is 3.00 bits per heavy atom. The molecule has 2 heterocycles. The zero-order chi connectivity index (χ0) is 13.9. The van der Waals surface area contributed by atoms with Gasteiger partial charge in [0.25, 0.3) is 0 Å². The Bertz CT molecular complexity index is 801. The van der Waals surface area contributed by atoms with Gasteiger partial charge in [-0.1, -0.05) is 18.2 Å². The lowest BCUT2D eigenvalue weighted by molar-refractivity contribution is 0.517. The van der Waals surface area contributed by atoms with Gasteiger partial charge in [0.05, 0.1) is 29.6 Å². The summed E-state index contributed by atoms with van der Waals surface area (Å²) in [6, 6.07) is 13.4. The first-order chi connectivity index (χ1) is 9.78. The Labute approximate surface area is 115 Å². The van der Waals surface area contributed by atoms with Gasteiger partial charge < -0.3 is 15.5 Å². The molecule has 3 rings (SSSR count). The van der Waals surface area contributed by atoms with Crippen LogP contribution in [-0.4, -0.2) is 4.98 Å².